The molecule has 1 fully saturated rings. The number of amides is 1. The van der Waals surface area contributed by atoms with Crippen molar-refractivity contribution >= 4 is 11.8 Å². The summed E-state index contributed by atoms with van der Waals surface area (Å²) in [6, 6.07) is 3.04. The monoisotopic (exact) mass is 281 g/mol. The van der Waals surface area contributed by atoms with Gasteiger partial charge in [0.05, 0.1) is 11.9 Å². The highest BCUT2D eigenvalue weighted by Gasteiger charge is 2.25. The first-order chi connectivity index (χ1) is 9.35. The van der Waals surface area contributed by atoms with Gasteiger partial charge in [0.1, 0.15) is 5.60 Å². The molecule has 0 unspecified atom stereocenters. The second-order valence-corrected chi connectivity index (χ2v) is 5.79. The molecule has 6 heteroatoms. The molecule has 1 amide bonds. The maximum absolute atomic E-state index is 12.8. The summed E-state index contributed by atoms with van der Waals surface area (Å²) in [6.07, 6.45) is 1.23. The van der Waals surface area contributed by atoms with Gasteiger partial charge in [0.25, 0.3) is 0 Å². The first kappa shape index (κ1) is 14.6. The fraction of sp³-hybridized carbons (Fsp3) is 0.571. The van der Waals surface area contributed by atoms with Gasteiger partial charge in [-0.15, -0.1) is 0 Å². The van der Waals surface area contributed by atoms with Gasteiger partial charge >= 0.3 is 6.09 Å². The Bertz CT molecular complexity index is 462. The van der Waals surface area contributed by atoms with Gasteiger partial charge in [-0.1, -0.05) is 0 Å². The summed E-state index contributed by atoms with van der Waals surface area (Å²) in [6.45, 7) is 8.11. The molecule has 1 aromatic heterocycles. The van der Waals surface area contributed by atoms with Crippen molar-refractivity contribution < 1.29 is 13.9 Å². The van der Waals surface area contributed by atoms with E-state index in [4.69, 9.17) is 4.74 Å². The Balaban J connectivity index is 1.89. The van der Waals surface area contributed by atoms with Gasteiger partial charge in [-0.25, -0.2) is 9.78 Å². The average Bonchev–Trinajstić information content (AvgIpc) is 2.38. The van der Waals surface area contributed by atoms with E-state index in [1.807, 2.05) is 20.8 Å². The van der Waals surface area contributed by atoms with Crippen LogP contribution in [-0.2, 0) is 4.74 Å². The molecule has 0 aromatic carbocycles. The van der Waals surface area contributed by atoms with Crippen LogP contribution in [0, 0.1) is 5.95 Å². The normalized spacial score (nSPS) is 16.2. The molecule has 5 nitrogen and oxygen atoms in total. The Morgan fingerprint density at radius 2 is 1.90 bits per heavy atom. The maximum atomic E-state index is 12.8. The Morgan fingerprint density at radius 1 is 1.25 bits per heavy atom. The number of hydrogen-bond donors (Lipinski definition) is 0. The molecule has 0 spiro atoms. The number of halogens is 1. The first-order valence-electron chi connectivity index (χ1n) is 6.69. The van der Waals surface area contributed by atoms with Crippen LogP contribution in [0.4, 0.5) is 14.9 Å². The average molecular weight is 281 g/mol. The van der Waals surface area contributed by atoms with Crippen LogP contribution >= 0.6 is 0 Å². The van der Waals surface area contributed by atoms with Crippen molar-refractivity contribution in [3.05, 3.63) is 24.3 Å². The van der Waals surface area contributed by atoms with E-state index in [2.05, 4.69) is 9.88 Å². The summed E-state index contributed by atoms with van der Waals surface area (Å²) in [5.74, 6) is -0.485. The lowest BCUT2D eigenvalue weighted by atomic mass is 10.2. The summed E-state index contributed by atoms with van der Waals surface area (Å²) < 4.78 is 18.1. The zero-order valence-corrected chi connectivity index (χ0v) is 12.1. The Hall–Kier alpha value is -1.85. The molecule has 0 aliphatic carbocycles. The van der Waals surface area contributed by atoms with Gasteiger partial charge < -0.3 is 14.5 Å². The lowest BCUT2D eigenvalue weighted by molar-refractivity contribution is 0.0240. The SMILES string of the molecule is CC(C)(C)OC(=O)N1CCN(c2ccc(F)nc2)CC1. The van der Waals surface area contributed by atoms with E-state index in [0.29, 0.717) is 26.2 Å². The molecule has 1 aromatic rings. The summed E-state index contributed by atoms with van der Waals surface area (Å²) in [4.78, 5) is 19.3. The molecule has 0 bridgehead atoms. The molecule has 2 heterocycles. The molecule has 0 radical (unpaired) electrons. The molecular weight excluding hydrogens is 261 g/mol. The van der Waals surface area contributed by atoms with Crippen LogP contribution in [-0.4, -0.2) is 47.8 Å². The molecule has 1 aliphatic heterocycles. The second kappa shape index (κ2) is 5.64. The summed E-state index contributed by atoms with van der Waals surface area (Å²) in [5, 5.41) is 0. The van der Waals surface area contributed by atoms with Crippen LogP contribution in [0.25, 0.3) is 0 Å². The molecule has 1 saturated heterocycles. The Labute approximate surface area is 118 Å². The number of nitrogens with zero attached hydrogens (tertiary/aromatic N) is 3. The molecule has 0 saturated carbocycles. The van der Waals surface area contributed by atoms with Crippen LogP contribution in [0.1, 0.15) is 20.8 Å². The van der Waals surface area contributed by atoms with E-state index in [1.54, 1.807) is 11.0 Å². The highest BCUT2D eigenvalue weighted by atomic mass is 19.1. The predicted octanol–water partition coefficient (Wildman–Crippen LogP) is 2.28. The summed E-state index contributed by atoms with van der Waals surface area (Å²) >= 11 is 0. The van der Waals surface area contributed by atoms with Crippen molar-refractivity contribution in [3.8, 4) is 0 Å². The highest BCUT2D eigenvalue weighted by Crippen LogP contribution is 2.17. The van der Waals surface area contributed by atoms with E-state index >= 15 is 0 Å². The molecule has 1 aliphatic rings. The molecule has 0 atom stereocenters. The van der Waals surface area contributed by atoms with Gasteiger partial charge in [-0.05, 0) is 32.9 Å². The number of anilines is 1. The third kappa shape index (κ3) is 3.82. The maximum Gasteiger partial charge on any atom is 0.410 e. The second-order valence-electron chi connectivity index (χ2n) is 5.79. The van der Waals surface area contributed by atoms with Gasteiger partial charge in [-0.3, -0.25) is 0 Å². The number of carbonyl (C=O) groups excluding carboxylic acids is 1. The minimum atomic E-state index is -0.485. The predicted molar refractivity (Wildman–Crippen MR) is 74.2 cm³/mol. The number of rotatable bonds is 1. The van der Waals surface area contributed by atoms with Gasteiger partial charge in [0.15, 0.2) is 0 Å². The molecular formula is C14H20FN3O2. The Kier molecular flexibility index (Phi) is 4.11. The van der Waals surface area contributed by atoms with Crippen molar-refractivity contribution in [2.45, 2.75) is 26.4 Å². The largest absolute Gasteiger partial charge is 0.444 e. The smallest absolute Gasteiger partial charge is 0.410 e. The molecule has 0 N–H and O–H groups in total. The third-order valence-electron chi connectivity index (χ3n) is 3.01. The zero-order valence-electron chi connectivity index (χ0n) is 12.1. The lowest BCUT2D eigenvalue weighted by Crippen LogP contribution is -2.50. The van der Waals surface area contributed by atoms with E-state index in [-0.39, 0.29) is 6.09 Å². The van der Waals surface area contributed by atoms with Gasteiger partial charge in [-0.2, -0.15) is 4.39 Å². The van der Waals surface area contributed by atoms with E-state index in [0.717, 1.165) is 5.69 Å². The van der Waals surface area contributed by atoms with Crippen molar-refractivity contribution in [1.82, 2.24) is 9.88 Å². The fourth-order valence-corrected chi connectivity index (χ4v) is 2.03. The number of carbonyl (C=O) groups is 1. The molecule has 110 valence electrons. The minimum Gasteiger partial charge on any atom is -0.444 e. The minimum absolute atomic E-state index is 0.283. The number of piperazine rings is 1. The molecule has 2 rings (SSSR count). The van der Waals surface area contributed by atoms with Gasteiger partial charge in [0.2, 0.25) is 5.95 Å². The quantitative estimate of drug-likeness (QED) is 0.741. The van der Waals surface area contributed by atoms with E-state index in [9.17, 15) is 9.18 Å². The number of hydrogen-bond acceptors (Lipinski definition) is 4. The number of aromatic nitrogens is 1. The lowest BCUT2D eigenvalue weighted by Gasteiger charge is -2.36. The summed E-state index contributed by atoms with van der Waals surface area (Å²) in [5.41, 5.74) is 0.394. The standard InChI is InChI=1S/C14H20FN3O2/c1-14(2,3)20-13(19)18-8-6-17(7-9-18)11-4-5-12(15)16-10-11/h4-5,10H,6-9H2,1-3H3. The number of ether oxygens (including phenoxy) is 1. The van der Waals surface area contributed by atoms with Crippen molar-refractivity contribution in [2.75, 3.05) is 31.1 Å². The van der Waals surface area contributed by atoms with Crippen molar-refractivity contribution in [3.63, 3.8) is 0 Å². The van der Waals surface area contributed by atoms with Crippen LogP contribution < -0.4 is 4.90 Å². The Morgan fingerprint density at radius 3 is 2.40 bits per heavy atom. The fourth-order valence-electron chi connectivity index (χ4n) is 2.03. The third-order valence-corrected chi connectivity index (χ3v) is 3.01. The van der Waals surface area contributed by atoms with E-state index < -0.39 is 11.5 Å². The number of pyridine rings is 1. The summed E-state index contributed by atoms with van der Waals surface area (Å²) in [7, 11) is 0. The van der Waals surface area contributed by atoms with Crippen LogP contribution in [0.3, 0.4) is 0 Å². The van der Waals surface area contributed by atoms with Crippen molar-refractivity contribution in [1.29, 1.82) is 0 Å². The van der Waals surface area contributed by atoms with Crippen LogP contribution in [0.2, 0.25) is 0 Å². The zero-order chi connectivity index (χ0) is 14.8. The molecule has 20 heavy (non-hydrogen) atoms. The van der Waals surface area contributed by atoms with Crippen LogP contribution in [0.5, 0.6) is 0 Å². The van der Waals surface area contributed by atoms with E-state index in [1.165, 1.54) is 12.3 Å². The first-order valence-corrected chi connectivity index (χ1v) is 6.69. The highest BCUT2D eigenvalue weighted by molar-refractivity contribution is 5.68. The van der Waals surface area contributed by atoms with Crippen molar-refractivity contribution in [2.24, 2.45) is 0 Å². The van der Waals surface area contributed by atoms with Gasteiger partial charge in [0, 0.05) is 26.2 Å². The van der Waals surface area contributed by atoms with Crippen LogP contribution in [0.15, 0.2) is 18.3 Å². The topological polar surface area (TPSA) is 45.7 Å².